The summed E-state index contributed by atoms with van der Waals surface area (Å²) in [5.74, 6) is -1.04. The van der Waals surface area contributed by atoms with Gasteiger partial charge >= 0.3 is 0 Å². The van der Waals surface area contributed by atoms with E-state index in [0.717, 1.165) is 23.4 Å². The molecule has 2 heterocycles. The SMILES string of the molecule is Cn1nc(C#N)cc1C1=CCCC=C(NC(=O)c2ccccc2F)S1. The second kappa shape index (κ2) is 7.36. The number of hydrogen-bond acceptors (Lipinski definition) is 4. The molecule has 2 aromatic rings. The molecule has 1 amide bonds. The molecule has 1 N–H and O–H groups in total. The molecule has 0 saturated heterocycles. The molecule has 5 nitrogen and oxygen atoms in total. The number of hydrogen-bond donors (Lipinski definition) is 1. The van der Waals surface area contributed by atoms with Crippen molar-refractivity contribution >= 4 is 22.6 Å². The lowest BCUT2D eigenvalue weighted by molar-refractivity contribution is 0.0965. The van der Waals surface area contributed by atoms with E-state index in [1.165, 1.54) is 23.9 Å². The number of nitriles is 1. The predicted molar refractivity (Wildman–Crippen MR) is 94.7 cm³/mol. The summed E-state index contributed by atoms with van der Waals surface area (Å²) in [5.41, 5.74) is 1.14. The first kappa shape index (κ1) is 17.0. The summed E-state index contributed by atoms with van der Waals surface area (Å²) in [6.45, 7) is 0. The van der Waals surface area contributed by atoms with Gasteiger partial charge in [0.15, 0.2) is 5.69 Å². The molecule has 0 fully saturated rings. The Balaban J connectivity index is 1.80. The first-order chi connectivity index (χ1) is 12.1. The molecule has 1 aliphatic rings. The lowest BCUT2D eigenvalue weighted by Gasteiger charge is -2.11. The molecular formula is C18H15FN4OS. The highest BCUT2D eigenvalue weighted by Gasteiger charge is 2.17. The van der Waals surface area contributed by atoms with Gasteiger partial charge in [-0.3, -0.25) is 9.48 Å². The molecule has 7 heteroatoms. The zero-order chi connectivity index (χ0) is 17.8. The van der Waals surface area contributed by atoms with E-state index in [2.05, 4.69) is 10.4 Å². The van der Waals surface area contributed by atoms with Gasteiger partial charge in [-0.15, -0.1) is 0 Å². The van der Waals surface area contributed by atoms with Crippen molar-refractivity contribution in [3.8, 4) is 6.07 Å². The number of allylic oxidation sites excluding steroid dienone is 2. The van der Waals surface area contributed by atoms with Gasteiger partial charge < -0.3 is 5.32 Å². The maximum absolute atomic E-state index is 13.8. The highest BCUT2D eigenvalue weighted by atomic mass is 32.2. The molecule has 0 saturated carbocycles. The number of halogens is 1. The number of amides is 1. The summed E-state index contributed by atoms with van der Waals surface area (Å²) in [6, 6.07) is 9.60. The molecule has 0 aliphatic carbocycles. The number of aryl methyl sites for hydroxylation is 1. The molecule has 0 atom stereocenters. The number of thioether (sulfide) groups is 1. The first-order valence-electron chi connectivity index (χ1n) is 7.67. The van der Waals surface area contributed by atoms with E-state index in [4.69, 9.17) is 5.26 Å². The number of benzene rings is 1. The average molecular weight is 354 g/mol. The van der Waals surface area contributed by atoms with E-state index in [0.29, 0.717) is 10.7 Å². The molecular weight excluding hydrogens is 339 g/mol. The Labute approximate surface area is 148 Å². The molecule has 3 rings (SSSR count). The van der Waals surface area contributed by atoms with Crippen LogP contribution in [0.3, 0.4) is 0 Å². The number of aromatic nitrogens is 2. The van der Waals surface area contributed by atoms with Crippen LogP contribution in [0.15, 0.2) is 47.5 Å². The summed E-state index contributed by atoms with van der Waals surface area (Å²) in [5, 5.41) is 16.5. The number of rotatable bonds is 3. The third-order valence-electron chi connectivity index (χ3n) is 3.65. The van der Waals surface area contributed by atoms with Gasteiger partial charge in [0.2, 0.25) is 0 Å². The quantitative estimate of drug-likeness (QED) is 0.915. The van der Waals surface area contributed by atoms with E-state index < -0.39 is 11.7 Å². The van der Waals surface area contributed by atoms with Crippen LogP contribution in [-0.2, 0) is 7.05 Å². The highest BCUT2D eigenvalue weighted by molar-refractivity contribution is 8.11. The number of carbonyl (C=O) groups is 1. The van der Waals surface area contributed by atoms with Crippen LogP contribution >= 0.6 is 11.8 Å². The molecule has 1 aromatic carbocycles. The van der Waals surface area contributed by atoms with Crippen LogP contribution in [0.25, 0.3) is 4.91 Å². The van der Waals surface area contributed by atoms with Crippen LogP contribution in [0.1, 0.15) is 34.6 Å². The van der Waals surface area contributed by atoms with E-state index >= 15 is 0 Å². The van der Waals surface area contributed by atoms with Crippen molar-refractivity contribution in [2.24, 2.45) is 7.05 Å². The van der Waals surface area contributed by atoms with E-state index in [-0.39, 0.29) is 5.56 Å². The Bertz CT molecular complexity index is 923. The topological polar surface area (TPSA) is 70.7 Å². The standard InChI is InChI=1S/C18H15FN4OS/c1-23-15(10-12(11-20)22-23)16-8-4-5-9-17(25-16)21-18(24)13-6-2-3-7-14(13)19/h2-3,6-10H,4-5H2,1H3,(H,21,24). The summed E-state index contributed by atoms with van der Waals surface area (Å²) in [4.78, 5) is 13.2. The summed E-state index contributed by atoms with van der Waals surface area (Å²) < 4.78 is 15.4. The van der Waals surface area contributed by atoms with Crippen LogP contribution in [-0.4, -0.2) is 15.7 Å². The third-order valence-corrected chi connectivity index (χ3v) is 4.73. The Kier molecular flexibility index (Phi) is 5.00. The Morgan fingerprint density at radius 3 is 2.84 bits per heavy atom. The second-order valence-corrected chi connectivity index (χ2v) is 6.48. The van der Waals surface area contributed by atoms with Crippen LogP contribution in [0.2, 0.25) is 0 Å². The third kappa shape index (κ3) is 3.80. The minimum Gasteiger partial charge on any atom is -0.316 e. The fourth-order valence-corrected chi connectivity index (χ4v) is 3.52. The monoisotopic (exact) mass is 354 g/mol. The van der Waals surface area contributed by atoms with Gasteiger partial charge in [-0.2, -0.15) is 10.4 Å². The smallest absolute Gasteiger partial charge is 0.259 e. The lowest BCUT2D eigenvalue weighted by Crippen LogP contribution is -2.22. The van der Waals surface area contributed by atoms with Crippen LogP contribution in [0.4, 0.5) is 4.39 Å². The molecule has 0 radical (unpaired) electrons. The van der Waals surface area contributed by atoms with Gasteiger partial charge in [0.1, 0.15) is 11.9 Å². The van der Waals surface area contributed by atoms with E-state index in [1.807, 2.05) is 18.2 Å². The minimum atomic E-state index is -0.555. The zero-order valence-electron chi connectivity index (χ0n) is 13.5. The van der Waals surface area contributed by atoms with Crippen molar-refractivity contribution in [1.82, 2.24) is 15.1 Å². The average Bonchev–Trinajstić information content (AvgIpc) is 2.83. The summed E-state index contributed by atoms with van der Waals surface area (Å²) in [7, 11) is 1.77. The normalized spacial score (nSPS) is 14.1. The predicted octanol–water partition coefficient (Wildman–Crippen LogP) is 3.57. The van der Waals surface area contributed by atoms with Crippen LogP contribution in [0, 0.1) is 17.1 Å². The Hall–Kier alpha value is -2.85. The van der Waals surface area contributed by atoms with Crippen LogP contribution < -0.4 is 5.32 Å². The fourth-order valence-electron chi connectivity index (χ4n) is 2.44. The lowest BCUT2D eigenvalue weighted by atomic mass is 10.2. The van der Waals surface area contributed by atoms with Crippen molar-refractivity contribution < 1.29 is 9.18 Å². The van der Waals surface area contributed by atoms with E-state index in [9.17, 15) is 9.18 Å². The van der Waals surface area contributed by atoms with Gasteiger partial charge in [0, 0.05) is 18.0 Å². The molecule has 0 bridgehead atoms. The number of nitrogens with zero attached hydrogens (tertiary/aromatic N) is 3. The maximum atomic E-state index is 13.8. The zero-order valence-corrected chi connectivity index (χ0v) is 14.3. The largest absolute Gasteiger partial charge is 0.316 e. The minimum absolute atomic E-state index is 0.00563. The second-order valence-electron chi connectivity index (χ2n) is 5.40. The van der Waals surface area contributed by atoms with Crippen molar-refractivity contribution in [1.29, 1.82) is 5.26 Å². The van der Waals surface area contributed by atoms with Crippen molar-refractivity contribution in [3.63, 3.8) is 0 Å². The van der Waals surface area contributed by atoms with Gasteiger partial charge in [-0.25, -0.2) is 4.39 Å². The van der Waals surface area contributed by atoms with Crippen molar-refractivity contribution in [2.75, 3.05) is 0 Å². The molecule has 0 spiro atoms. The number of carbonyl (C=O) groups excluding carboxylic acids is 1. The van der Waals surface area contributed by atoms with Gasteiger partial charge in [0.25, 0.3) is 5.91 Å². The highest BCUT2D eigenvalue weighted by Crippen LogP contribution is 2.35. The maximum Gasteiger partial charge on any atom is 0.259 e. The summed E-state index contributed by atoms with van der Waals surface area (Å²) in [6.07, 6.45) is 5.51. The van der Waals surface area contributed by atoms with Gasteiger partial charge in [-0.05, 0) is 25.0 Å². The molecule has 25 heavy (non-hydrogen) atoms. The fraction of sp³-hybridized carbons (Fsp3) is 0.167. The van der Waals surface area contributed by atoms with Gasteiger partial charge in [-0.1, -0.05) is 36.0 Å². The van der Waals surface area contributed by atoms with E-state index in [1.54, 1.807) is 29.9 Å². The molecule has 1 aliphatic heterocycles. The van der Waals surface area contributed by atoms with Crippen molar-refractivity contribution in [2.45, 2.75) is 12.8 Å². The van der Waals surface area contributed by atoms with Crippen molar-refractivity contribution in [3.05, 3.63) is 70.3 Å². The van der Waals surface area contributed by atoms with Crippen LogP contribution in [0.5, 0.6) is 0 Å². The van der Waals surface area contributed by atoms with Gasteiger partial charge in [0.05, 0.1) is 16.3 Å². The molecule has 0 unspecified atom stereocenters. The first-order valence-corrected chi connectivity index (χ1v) is 8.48. The Morgan fingerprint density at radius 1 is 1.36 bits per heavy atom. The number of nitrogens with one attached hydrogen (secondary N) is 1. The molecule has 126 valence electrons. The molecule has 1 aromatic heterocycles. The summed E-state index contributed by atoms with van der Waals surface area (Å²) >= 11 is 1.37. The Morgan fingerprint density at radius 2 is 2.12 bits per heavy atom.